The first-order chi connectivity index (χ1) is 12.1. The maximum Gasteiger partial charge on any atom is 0.341 e. The van der Waals surface area contributed by atoms with Crippen LogP contribution in [-0.2, 0) is 28.8 Å². The molecule has 2 heterocycles. The molecule has 0 spiro atoms. The molecule has 25 heavy (non-hydrogen) atoms. The van der Waals surface area contributed by atoms with Gasteiger partial charge in [0.2, 0.25) is 0 Å². The van der Waals surface area contributed by atoms with Gasteiger partial charge in [-0.25, -0.2) is 4.79 Å². The molecular weight excluding hydrogens is 362 g/mol. The van der Waals surface area contributed by atoms with E-state index in [-0.39, 0.29) is 5.91 Å². The normalized spacial score (nSPS) is 17.6. The minimum absolute atomic E-state index is 0.266. The summed E-state index contributed by atoms with van der Waals surface area (Å²) in [5.74, 6) is 0.000854. The van der Waals surface area contributed by atoms with E-state index < -0.39 is 12.1 Å². The summed E-state index contributed by atoms with van der Waals surface area (Å²) in [5, 5.41) is 4.04. The third-order valence-electron chi connectivity index (χ3n) is 4.54. The second kappa shape index (κ2) is 6.35. The van der Waals surface area contributed by atoms with E-state index in [2.05, 4.69) is 5.32 Å². The molecule has 0 bridgehead atoms. The average molecular weight is 378 g/mol. The van der Waals surface area contributed by atoms with Crippen LogP contribution in [-0.4, -0.2) is 25.1 Å². The highest BCUT2D eigenvalue weighted by molar-refractivity contribution is 7.17. The quantitative estimate of drug-likeness (QED) is 0.830. The first kappa shape index (κ1) is 16.4. The number of carbonyl (C=O) groups excluding carboxylic acids is 2. The molecule has 0 saturated carbocycles. The van der Waals surface area contributed by atoms with Crippen LogP contribution in [0.1, 0.15) is 32.8 Å². The molecule has 0 radical (unpaired) electrons. The number of thiophene rings is 1. The van der Waals surface area contributed by atoms with E-state index in [1.165, 1.54) is 18.4 Å². The van der Waals surface area contributed by atoms with E-state index in [9.17, 15) is 9.59 Å². The first-order valence-corrected chi connectivity index (χ1v) is 9.25. The maximum absolute atomic E-state index is 12.6. The number of nitrogens with one attached hydrogen (secondary N) is 1. The van der Waals surface area contributed by atoms with E-state index in [1.54, 1.807) is 12.1 Å². The maximum atomic E-state index is 12.6. The third kappa shape index (κ3) is 2.89. The highest BCUT2D eigenvalue weighted by atomic mass is 35.5. The topological polar surface area (TPSA) is 64.6 Å². The zero-order valence-electron chi connectivity index (χ0n) is 13.6. The van der Waals surface area contributed by atoms with E-state index in [0.717, 1.165) is 35.3 Å². The second-order valence-electron chi connectivity index (χ2n) is 6.10. The van der Waals surface area contributed by atoms with Crippen LogP contribution in [0.3, 0.4) is 0 Å². The highest BCUT2D eigenvalue weighted by Crippen LogP contribution is 2.40. The van der Waals surface area contributed by atoms with Crippen LogP contribution in [0, 0.1) is 0 Å². The van der Waals surface area contributed by atoms with Gasteiger partial charge in [0, 0.05) is 16.3 Å². The largest absolute Gasteiger partial charge is 0.480 e. The number of fused-ring (bicyclic) bond motifs is 2. The number of amides is 1. The summed E-state index contributed by atoms with van der Waals surface area (Å²) in [5.41, 5.74) is 2.41. The van der Waals surface area contributed by atoms with Crippen LogP contribution in [0.25, 0.3) is 0 Å². The number of ether oxygens (including phenoxy) is 2. The molecule has 130 valence electrons. The highest BCUT2D eigenvalue weighted by Gasteiger charge is 2.33. The molecule has 1 aromatic heterocycles. The van der Waals surface area contributed by atoms with Crippen molar-refractivity contribution >= 4 is 39.8 Å². The molecule has 1 aliphatic heterocycles. The van der Waals surface area contributed by atoms with Gasteiger partial charge in [-0.2, -0.15) is 0 Å². The fourth-order valence-corrected chi connectivity index (χ4v) is 4.84. The predicted molar refractivity (Wildman–Crippen MR) is 95.9 cm³/mol. The van der Waals surface area contributed by atoms with Gasteiger partial charge in [-0.05, 0) is 48.6 Å². The number of esters is 1. The van der Waals surface area contributed by atoms with Crippen molar-refractivity contribution in [1.82, 2.24) is 0 Å². The van der Waals surface area contributed by atoms with E-state index >= 15 is 0 Å². The fraction of sp³-hybridized carbons (Fsp3) is 0.333. The Morgan fingerprint density at radius 1 is 1.36 bits per heavy atom. The van der Waals surface area contributed by atoms with Gasteiger partial charge in [0.25, 0.3) is 5.91 Å². The number of methoxy groups -OCH3 is 1. The molecule has 1 amide bonds. The van der Waals surface area contributed by atoms with Crippen LogP contribution in [0.5, 0.6) is 5.75 Å². The smallest absolute Gasteiger partial charge is 0.341 e. The van der Waals surface area contributed by atoms with Crippen molar-refractivity contribution in [2.75, 3.05) is 12.4 Å². The SMILES string of the molecule is COC(=O)c1c(NC(=O)[C@H]2Cc3cc(Cl)ccc3O2)sc2c1CCC2. The Balaban J connectivity index is 1.55. The van der Waals surface area contributed by atoms with Crippen LogP contribution in [0.15, 0.2) is 18.2 Å². The lowest BCUT2D eigenvalue weighted by molar-refractivity contribution is -0.122. The Bertz CT molecular complexity index is 876. The molecule has 4 rings (SSSR count). The molecule has 2 aromatic rings. The van der Waals surface area contributed by atoms with Crippen molar-refractivity contribution in [2.45, 2.75) is 31.8 Å². The summed E-state index contributed by atoms with van der Waals surface area (Å²) in [6.45, 7) is 0. The summed E-state index contributed by atoms with van der Waals surface area (Å²) in [4.78, 5) is 26.0. The van der Waals surface area contributed by atoms with E-state index in [0.29, 0.717) is 27.8 Å². The second-order valence-corrected chi connectivity index (χ2v) is 7.65. The van der Waals surface area contributed by atoms with Crippen LogP contribution >= 0.6 is 22.9 Å². The van der Waals surface area contributed by atoms with Gasteiger partial charge in [0.05, 0.1) is 12.7 Å². The number of benzene rings is 1. The Morgan fingerprint density at radius 3 is 3.00 bits per heavy atom. The number of anilines is 1. The number of hydrogen-bond acceptors (Lipinski definition) is 5. The summed E-state index contributed by atoms with van der Waals surface area (Å²) in [7, 11) is 1.35. The Hall–Kier alpha value is -2.05. The zero-order chi connectivity index (χ0) is 17.6. The summed E-state index contributed by atoms with van der Waals surface area (Å²) >= 11 is 7.45. The molecule has 1 aromatic carbocycles. The van der Waals surface area contributed by atoms with Gasteiger partial charge in [-0.1, -0.05) is 11.6 Å². The Morgan fingerprint density at radius 2 is 2.20 bits per heavy atom. The lowest BCUT2D eigenvalue weighted by Crippen LogP contribution is -2.31. The Kier molecular flexibility index (Phi) is 4.17. The van der Waals surface area contributed by atoms with Crippen molar-refractivity contribution in [3.05, 3.63) is 44.8 Å². The molecular formula is C18H16ClNO4S. The van der Waals surface area contributed by atoms with Gasteiger partial charge in [0.1, 0.15) is 10.8 Å². The average Bonchev–Trinajstić information content (AvgIpc) is 3.27. The van der Waals surface area contributed by atoms with Crippen LogP contribution in [0.4, 0.5) is 5.00 Å². The molecule has 7 heteroatoms. The first-order valence-electron chi connectivity index (χ1n) is 8.05. The summed E-state index contributed by atoms with van der Waals surface area (Å²) < 4.78 is 10.6. The van der Waals surface area contributed by atoms with E-state index in [4.69, 9.17) is 21.1 Å². The van der Waals surface area contributed by atoms with Gasteiger partial charge in [-0.3, -0.25) is 4.79 Å². The fourth-order valence-electron chi connectivity index (χ4n) is 3.37. The van der Waals surface area contributed by atoms with Crippen molar-refractivity contribution in [3.63, 3.8) is 0 Å². The molecule has 0 unspecified atom stereocenters. The van der Waals surface area contributed by atoms with Gasteiger partial charge in [-0.15, -0.1) is 11.3 Å². The predicted octanol–water partition coefficient (Wildman–Crippen LogP) is 3.62. The van der Waals surface area contributed by atoms with Gasteiger partial charge < -0.3 is 14.8 Å². The van der Waals surface area contributed by atoms with Gasteiger partial charge >= 0.3 is 5.97 Å². The molecule has 0 saturated heterocycles. The number of carbonyl (C=O) groups is 2. The third-order valence-corrected chi connectivity index (χ3v) is 5.98. The monoisotopic (exact) mass is 377 g/mol. The molecule has 1 N–H and O–H groups in total. The standard InChI is InChI=1S/C18H16ClNO4S/c1-23-18(22)15-11-3-2-4-14(11)25-17(15)20-16(21)13-8-9-7-10(19)5-6-12(9)24-13/h5-7,13H,2-4,8H2,1H3,(H,20,21)/t13-/m1/s1. The number of rotatable bonds is 3. The van der Waals surface area contributed by atoms with Crippen molar-refractivity contribution in [3.8, 4) is 5.75 Å². The number of halogens is 1. The minimum Gasteiger partial charge on any atom is -0.480 e. The lowest BCUT2D eigenvalue weighted by Gasteiger charge is -2.11. The van der Waals surface area contributed by atoms with E-state index in [1.807, 2.05) is 6.07 Å². The van der Waals surface area contributed by atoms with Gasteiger partial charge in [0.15, 0.2) is 6.10 Å². The molecule has 1 aliphatic carbocycles. The Labute approximate surface area is 153 Å². The summed E-state index contributed by atoms with van der Waals surface area (Å²) in [6.07, 6.45) is 2.64. The minimum atomic E-state index is -0.629. The molecule has 5 nitrogen and oxygen atoms in total. The van der Waals surface area contributed by atoms with Crippen molar-refractivity contribution < 1.29 is 19.1 Å². The number of hydrogen-bond donors (Lipinski definition) is 1. The summed E-state index contributed by atoms with van der Waals surface area (Å²) in [6, 6.07) is 5.31. The zero-order valence-corrected chi connectivity index (χ0v) is 15.1. The van der Waals surface area contributed by atoms with Crippen molar-refractivity contribution in [1.29, 1.82) is 0 Å². The van der Waals surface area contributed by atoms with Crippen LogP contribution in [0.2, 0.25) is 5.02 Å². The van der Waals surface area contributed by atoms with Crippen molar-refractivity contribution in [2.24, 2.45) is 0 Å². The molecule has 2 aliphatic rings. The molecule has 0 fully saturated rings. The molecule has 1 atom stereocenters. The van der Waals surface area contributed by atoms with Crippen LogP contribution < -0.4 is 10.1 Å². The number of aryl methyl sites for hydroxylation is 1. The lowest BCUT2D eigenvalue weighted by atomic mass is 10.1.